The molecule has 2 aromatic rings. The van der Waals surface area contributed by atoms with Crippen LogP contribution in [0.25, 0.3) is 11.3 Å². The van der Waals surface area contributed by atoms with Crippen molar-refractivity contribution in [3.8, 4) is 11.3 Å². The van der Waals surface area contributed by atoms with E-state index in [1.807, 2.05) is 26.1 Å². The third kappa shape index (κ3) is 1.76. The van der Waals surface area contributed by atoms with Crippen LogP contribution in [0.5, 0.6) is 0 Å². The topological polar surface area (TPSA) is 34.9 Å². The highest BCUT2D eigenvalue weighted by Crippen LogP contribution is 2.24. The highest BCUT2D eigenvalue weighted by molar-refractivity contribution is 5.86. The first-order valence-electron chi connectivity index (χ1n) is 5.18. The van der Waals surface area contributed by atoms with Gasteiger partial charge in [-0.1, -0.05) is 23.8 Å². The number of aldehydes is 1. The molecular weight excluding hydrogens is 200 g/mol. The summed E-state index contributed by atoms with van der Waals surface area (Å²) in [6.45, 7) is 4.08. The standard InChI is InChI=1S/C13H14N2O/c1-9-4-5-12(10(2)6-9)13-11(8-16)7-15(3)14-13/h4-8H,1-3H3. The monoisotopic (exact) mass is 214 g/mol. The first kappa shape index (κ1) is 10.6. The van der Waals surface area contributed by atoms with Crippen LogP contribution in [0, 0.1) is 13.8 Å². The fourth-order valence-electron chi connectivity index (χ4n) is 1.88. The second-order valence-corrected chi connectivity index (χ2v) is 4.04. The van der Waals surface area contributed by atoms with E-state index in [2.05, 4.69) is 18.1 Å². The van der Waals surface area contributed by atoms with Crippen molar-refractivity contribution in [2.45, 2.75) is 13.8 Å². The van der Waals surface area contributed by atoms with Crippen molar-refractivity contribution in [2.75, 3.05) is 0 Å². The second kappa shape index (κ2) is 3.93. The molecule has 2 rings (SSSR count). The summed E-state index contributed by atoms with van der Waals surface area (Å²) < 4.78 is 1.67. The molecule has 0 saturated heterocycles. The van der Waals surface area contributed by atoms with Crippen LogP contribution in [-0.2, 0) is 7.05 Å². The van der Waals surface area contributed by atoms with Crippen molar-refractivity contribution in [3.63, 3.8) is 0 Å². The minimum Gasteiger partial charge on any atom is -0.298 e. The number of rotatable bonds is 2. The number of carbonyl (C=O) groups is 1. The Hall–Kier alpha value is -1.90. The highest BCUT2D eigenvalue weighted by Gasteiger charge is 2.11. The van der Waals surface area contributed by atoms with Crippen molar-refractivity contribution in [1.82, 2.24) is 9.78 Å². The van der Waals surface area contributed by atoms with Gasteiger partial charge in [-0.2, -0.15) is 5.10 Å². The summed E-state index contributed by atoms with van der Waals surface area (Å²) in [5.74, 6) is 0. The smallest absolute Gasteiger partial charge is 0.153 e. The summed E-state index contributed by atoms with van der Waals surface area (Å²) in [4.78, 5) is 10.9. The molecule has 0 spiro atoms. The Bertz CT molecular complexity index is 541. The van der Waals surface area contributed by atoms with Gasteiger partial charge in [0, 0.05) is 18.8 Å². The van der Waals surface area contributed by atoms with E-state index in [9.17, 15) is 4.79 Å². The summed E-state index contributed by atoms with van der Waals surface area (Å²) in [7, 11) is 1.82. The normalized spacial score (nSPS) is 10.4. The molecule has 0 aliphatic carbocycles. The second-order valence-electron chi connectivity index (χ2n) is 4.04. The molecule has 1 heterocycles. The maximum absolute atomic E-state index is 10.9. The van der Waals surface area contributed by atoms with E-state index in [4.69, 9.17) is 0 Å². The van der Waals surface area contributed by atoms with Crippen molar-refractivity contribution in [3.05, 3.63) is 41.1 Å². The van der Waals surface area contributed by atoms with Gasteiger partial charge < -0.3 is 0 Å². The van der Waals surface area contributed by atoms with Crippen molar-refractivity contribution in [1.29, 1.82) is 0 Å². The largest absolute Gasteiger partial charge is 0.298 e. The molecule has 16 heavy (non-hydrogen) atoms. The van der Waals surface area contributed by atoms with Gasteiger partial charge >= 0.3 is 0 Å². The zero-order valence-electron chi connectivity index (χ0n) is 9.69. The molecule has 0 unspecified atom stereocenters. The highest BCUT2D eigenvalue weighted by atomic mass is 16.1. The summed E-state index contributed by atoms with van der Waals surface area (Å²) in [6.07, 6.45) is 2.59. The molecule has 0 fully saturated rings. The van der Waals surface area contributed by atoms with E-state index in [0.29, 0.717) is 5.56 Å². The fourth-order valence-corrected chi connectivity index (χ4v) is 1.88. The van der Waals surface area contributed by atoms with Gasteiger partial charge in [-0.25, -0.2) is 0 Å². The number of hydrogen-bond acceptors (Lipinski definition) is 2. The van der Waals surface area contributed by atoms with Crippen molar-refractivity contribution in [2.24, 2.45) is 7.05 Å². The summed E-state index contributed by atoms with van der Waals surface area (Å²) in [6, 6.07) is 6.14. The lowest BCUT2D eigenvalue weighted by Gasteiger charge is -2.04. The molecule has 0 aliphatic heterocycles. The third-order valence-electron chi connectivity index (χ3n) is 2.62. The van der Waals surface area contributed by atoms with Crippen LogP contribution in [0.3, 0.4) is 0 Å². The van der Waals surface area contributed by atoms with Crippen LogP contribution < -0.4 is 0 Å². The van der Waals surface area contributed by atoms with Gasteiger partial charge in [0.05, 0.1) is 5.56 Å². The maximum atomic E-state index is 10.9. The lowest BCUT2D eigenvalue weighted by atomic mass is 10.0. The Morgan fingerprint density at radius 2 is 2.06 bits per heavy atom. The minimum absolute atomic E-state index is 0.634. The van der Waals surface area contributed by atoms with Crippen LogP contribution in [0.4, 0.5) is 0 Å². The van der Waals surface area contributed by atoms with Gasteiger partial charge in [0.25, 0.3) is 0 Å². The number of carbonyl (C=O) groups excluding carboxylic acids is 1. The lowest BCUT2D eigenvalue weighted by Crippen LogP contribution is -1.90. The van der Waals surface area contributed by atoms with Crippen LogP contribution in [-0.4, -0.2) is 16.1 Å². The van der Waals surface area contributed by atoms with E-state index in [1.54, 1.807) is 10.9 Å². The number of benzene rings is 1. The minimum atomic E-state index is 0.634. The van der Waals surface area contributed by atoms with Crippen LogP contribution in [0.15, 0.2) is 24.4 Å². The molecule has 0 radical (unpaired) electrons. The molecule has 0 amide bonds. The zero-order chi connectivity index (χ0) is 11.7. The molecule has 0 bridgehead atoms. The molecule has 0 aliphatic rings. The number of aromatic nitrogens is 2. The first-order chi connectivity index (χ1) is 7.61. The Kier molecular flexibility index (Phi) is 2.60. The van der Waals surface area contributed by atoms with E-state index < -0.39 is 0 Å². The van der Waals surface area contributed by atoms with E-state index >= 15 is 0 Å². The van der Waals surface area contributed by atoms with Gasteiger partial charge in [0.1, 0.15) is 5.69 Å². The fraction of sp³-hybridized carbons (Fsp3) is 0.231. The molecule has 0 atom stereocenters. The summed E-state index contributed by atoms with van der Waals surface area (Å²) in [5.41, 5.74) is 4.77. The maximum Gasteiger partial charge on any atom is 0.153 e. The third-order valence-corrected chi connectivity index (χ3v) is 2.62. The average Bonchev–Trinajstić information content (AvgIpc) is 2.59. The summed E-state index contributed by atoms with van der Waals surface area (Å²) >= 11 is 0. The number of hydrogen-bond donors (Lipinski definition) is 0. The van der Waals surface area contributed by atoms with Gasteiger partial charge in [-0.15, -0.1) is 0 Å². The first-order valence-corrected chi connectivity index (χ1v) is 5.18. The van der Waals surface area contributed by atoms with E-state index in [1.165, 1.54) is 5.56 Å². The van der Waals surface area contributed by atoms with Gasteiger partial charge in [0.2, 0.25) is 0 Å². The van der Waals surface area contributed by atoms with Crippen LogP contribution in [0.1, 0.15) is 21.5 Å². The predicted octanol–water partition coefficient (Wildman–Crippen LogP) is 2.52. The molecular formula is C13H14N2O. The Balaban J connectivity index is 2.62. The van der Waals surface area contributed by atoms with E-state index in [-0.39, 0.29) is 0 Å². The molecule has 1 aromatic heterocycles. The van der Waals surface area contributed by atoms with Gasteiger partial charge in [-0.3, -0.25) is 9.48 Å². The predicted molar refractivity (Wildman–Crippen MR) is 63.5 cm³/mol. The van der Waals surface area contributed by atoms with Crippen LogP contribution >= 0.6 is 0 Å². The van der Waals surface area contributed by atoms with Crippen molar-refractivity contribution < 1.29 is 4.79 Å². The molecule has 1 aromatic carbocycles. The molecule has 3 nitrogen and oxygen atoms in total. The molecule has 0 saturated carbocycles. The van der Waals surface area contributed by atoms with Gasteiger partial charge in [0.15, 0.2) is 6.29 Å². The average molecular weight is 214 g/mol. The molecule has 82 valence electrons. The Labute approximate surface area is 94.7 Å². The van der Waals surface area contributed by atoms with Gasteiger partial charge in [-0.05, 0) is 19.4 Å². The lowest BCUT2D eigenvalue weighted by molar-refractivity contribution is 0.112. The molecule has 0 N–H and O–H groups in total. The van der Waals surface area contributed by atoms with Crippen LogP contribution in [0.2, 0.25) is 0 Å². The molecule has 3 heteroatoms. The van der Waals surface area contributed by atoms with E-state index in [0.717, 1.165) is 23.1 Å². The summed E-state index contributed by atoms with van der Waals surface area (Å²) in [5, 5.41) is 4.33. The Morgan fingerprint density at radius 1 is 1.31 bits per heavy atom. The number of nitrogens with zero attached hydrogens (tertiary/aromatic N) is 2. The quantitative estimate of drug-likeness (QED) is 0.720. The Morgan fingerprint density at radius 3 is 2.69 bits per heavy atom. The zero-order valence-corrected chi connectivity index (χ0v) is 9.69. The number of aryl methyl sites for hydroxylation is 3. The van der Waals surface area contributed by atoms with Crippen molar-refractivity contribution >= 4 is 6.29 Å². The SMILES string of the molecule is Cc1ccc(-c2nn(C)cc2C=O)c(C)c1.